The second kappa shape index (κ2) is 10.1. The minimum atomic E-state index is -0.933. The maximum absolute atomic E-state index is 12.1. The summed E-state index contributed by atoms with van der Waals surface area (Å²) < 4.78 is 0. The Morgan fingerprint density at radius 2 is 2.26 bits per heavy atom. The summed E-state index contributed by atoms with van der Waals surface area (Å²) in [5, 5.41) is 19.2. The molecule has 0 saturated carbocycles. The van der Waals surface area contributed by atoms with Crippen LogP contribution < -0.4 is 0 Å². The maximum Gasteiger partial charge on any atom is 0.345 e. The first-order valence-corrected chi connectivity index (χ1v) is 9.79. The molecule has 0 aliphatic carbocycles. The summed E-state index contributed by atoms with van der Waals surface area (Å²) >= 11 is 1.20. The van der Waals surface area contributed by atoms with E-state index in [-0.39, 0.29) is 17.9 Å². The molecule has 144 valence electrons. The molecule has 0 radical (unpaired) electrons. The second-order valence-corrected chi connectivity index (χ2v) is 7.66. The van der Waals surface area contributed by atoms with Gasteiger partial charge in [0, 0.05) is 24.3 Å². The molecule has 1 aromatic heterocycles. The van der Waals surface area contributed by atoms with Crippen molar-refractivity contribution in [2.24, 2.45) is 5.92 Å². The van der Waals surface area contributed by atoms with Gasteiger partial charge in [-0.2, -0.15) is 0 Å². The highest BCUT2D eigenvalue weighted by Crippen LogP contribution is 2.22. The van der Waals surface area contributed by atoms with Crippen molar-refractivity contribution in [2.45, 2.75) is 45.3 Å². The number of carbonyl (C=O) groups excluding carboxylic acids is 1. The molecule has 0 bridgehead atoms. The Hall–Kier alpha value is -2.36. The molecular weight excluding hydrogens is 362 g/mol. The maximum atomic E-state index is 12.1. The summed E-state index contributed by atoms with van der Waals surface area (Å²) in [5.74, 6) is 5.00. The first-order valence-electron chi connectivity index (χ1n) is 8.97. The number of rotatable bonds is 8. The van der Waals surface area contributed by atoms with E-state index in [0.29, 0.717) is 24.3 Å². The normalized spacial score (nSPS) is 19.4. The van der Waals surface area contributed by atoms with Crippen LogP contribution in [-0.2, 0) is 4.79 Å². The first-order chi connectivity index (χ1) is 12.9. The van der Waals surface area contributed by atoms with Gasteiger partial charge < -0.3 is 15.1 Å². The summed E-state index contributed by atoms with van der Waals surface area (Å²) in [6.45, 7) is 4.19. The van der Waals surface area contributed by atoms with Crippen molar-refractivity contribution >= 4 is 29.3 Å². The number of aromatic carboxylic acids is 1. The lowest BCUT2D eigenvalue weighted by Crippen LogP contribution is -2.32. The summed E-state index contributed by atoms with van der Waals surface area (Å²) in [5.41, 5.74) is 0. The first kappa shape index (κ1) is 20.9. The number of aliphatic hydroxyl groups is 1. The molecule has 0 spiro atoms. The van der Waals surface area contributed by atoms with E-state index in [2.05, 4.69) is 11.8 Å². The number of nitrogens with zero attached hydrogens (tertiary/aromatic N) is 1. The van der Waals surface area contributed by atoms with E-state index in [9.17, 15) is 14.7 Å². The fourth-order valence-electron chi connectivity index (χ4n) is 2.85. The van der Waals surface area contributed by atoms with Gasteiger partial charge in [-0.3, -0.25) is 4.79 Å². The van der Waals surface area contributed by atoms with Gasteiger partial charge in [-0.1, -0.05) is 25.2 Å². The standard InChI is InChI=1S/C21H25NO4S/c1-3-4-6-15(2)18(23)11-8-16-9-13-20(24)22(16)14-5-7-17-10-12-19(27-17)21(25)26/h5,7-8,10-12,15-16,18,23H,6,9,13-14H2,1-2H3,(H,25,26)/b7-5?,11-8-/t15-,16-,18-/m0/s1. The summed E-state index contributed by atoms with van der Waals surface area (Å²) in [7, 11) is 0. The molecule has 1 aromatic rings. The number of thiophene rings is 1. The molecule has 1 saturated heterocycles. The number of carboxylic acid groups (broad SMARTS) is 1. The van der Waals surface area contributed by atoms with E-state index < -0.39 is 12.1 Å². The van der Waals surface area contributed by atoms with Gasteiger partial charge in [0.15, 0.2) is 0 Å². The van der Waals surface area contributed by atoms with Crippen LogP contribution in [0.1, 0.15) is 47.7 Å². The minimum Gasteiger partial charge on any atom is -0.477 e. The van der Waals surface area contributed by atoms with Crippen LogP contribution in [0.4, 0.5) is 0 Å². The molecule has 3 atom stereocenters. The predicted octanol–water partition coefficient (Wildman–Crippen LogP) is 3.42. The Kier molecular flexibility index (Phi) is 7.83. The fourth-order valence-corrected chi connectivity index (χ4v) is 3.63. The average Bonchev–Trinajstić information content (AvgIpc) is 3.25. The van der Waals surface area contributed by atoms with Gasteiger partial charge in [0.25, 0.3) is 0 Å². The van der Waals surface area contributed by atoms with Crippen molar-refractivity contribution < 1.29 is 19.8 Å². The van der Waals surface area contributed by atoms with Crippen LogP contribution in [0.5, 0.6) is 0 Å². The number of hydrogen-bond donors (Lipinski definition) is 2. The number of likely N-dealkylation sites (tertiary alicyclic amines) is 1. The predicted molar refractivity (Wildman–Crippen MR) is 107 cm³/mol. The number of amides is 1. The fraction of sp³-hybridized carbons (Fsp3) is 0.429. The molecule has 0 unspecified atom stereocenters. The van der Waals surface area contributed by atoms with Crippen LogP contribution >= 0.6 is 11.3 Å². The van der Waals surface area contributed by atoms with Crippen LogP contribution in [0.25, 0.3) is 6.08 Å². The van der Waals surface area contributed by atoms with Crippen molar-refractivity contribution in [2.75, 3.05) is 6.54 Å². The van der Waals surface area contributed by atoms with E-state index >= 15 is 0 Å². The van der Waals surface area contributed by atoms with Crippen molar-refractivity contribution in [3.63, 3.8) is 0 Å². The van der Waals surface area contributed by atoms with Crippen LogP contribution in [0.3, 0.4) is 0 Å². The number of carbonyl (C=O) groups is 2. The Bertz CT molecular complexity index is 784. The zero-order chi connectivity index (χ0) is 19.8. The second-order valence-electron chi connectivity index (χ2n) is 6.55. The highest BCUT2D eigenvalue weighted by molar-refractivity contribution is 7.14. The molecule has 2 N–H and O–H groups in total. The highest BCUT2D eigenvalue weighted by Gasteiger charge is 2.28. The summed E-state index contributed by atoms with van der Waals surface area (Å²) in [6, 6.07) is 3.30. The SMILES string of the molecule is CC#CC[C@H](C)[C@@H](O)/C=C\[C@H]1CCC(=O)N1CC=Cc1ccc(C(=O)O)s1. The van der Waals surface area contributed by atoms with Gasteiger partial charge >= 0.3 is 5.97 Å². The minimum absolute atomic E-state index is 0.0285. The third-order valence-electron chi connectivity index (χ3n) is 4.51. The third kappa shape index (κ3) is 6.09. The highest BCUT2D eigenvalue weighted by atomic mass is 32.1. The number of hydrogen-bond acceptors (Lipinski definition) is 4. The smallest absolute Gasteiger partial charge is 0.345 e. The van der Waals surface area contributed by atoms with E-state index in [1.807, 2.05) is 25.2 Å². The van der Waals surface area contributed by atoms with Crippen molar-refractivity contribution in [1.29, 1.82) is 0 Å². The molecule has 0 aromatic carbocycles. The topological polar surface area (TPSA) is 77.8 Å². The molecule has 5 nitrogen and oxygen atoms in total. The van der Waals surface area contributed by atoms with Crippen LogP contribution in [-0.4, -0.2) is 45.7 Å². The average molecular weight is 388 g/mol. The van der Waals surface area contributed by atoms with Crippen LogP contribution in [0.2, 0.25) is 0 Å². The lowest BCUT2D eigenvalue weighted by molar-refractivity contribution is -0.127. The largest absolute Gasteiger partial charge is 0.477 e. The lowest BCUT2D eigenvalue weighted by atomic mass is 10.00. The molecule has 2 rings (SSSR count). The van der Waals surface area contributed by atoms with E-state index in [1.54, 1.807) is 30.0 Å². The molecule has 6 heteroatoms. The Labute approximate surface area is 164 Å². The number of carboxylic acids is 1. The zero-order valence-corrected chi connectivity index (χ0v) is 16.4. The zero-order valence-electron chi connectivity index (χ0n) is 15.6. The molecular formula is C21H25NO4S. The van der Waals surface area contributed by atoms with Gasteiger partial charge in [0.1, 0.15) is 4.88 Å². The van der Waals surface area contributed by atoms with E-state index in [4.69, 9.17) is 5.11 Å². The molecule has 27 heavy (non-hydrogen) atoms. The van der Waals surface area contributed by atoms with Crippen molar-refractivity contribution in [3.8, 4) is 11.8 Å². The Morgan fingerprint density at radius 3 is 2.93 bits per heavy atom. The van der Waals surface area contributed by atoms with Crippen molar-refractivity contribution in [1.82, 2.24) is 4.90 Å². The van der Waals surface area contributed by atoms with Gasteiger partial charge in [-0.15, -0.1) is 23.2 Å². The van der Waals surface area contributed by atoms with Gasteiger partial charge in [0.05, 0.1) is 12.1 Å². The summed E-state index contributed by atoms with van der Waals surface area (Å²) in [6.07, 6.45) is 8.67. The lowest BCUT2D eigenvalue weighted by Gasteiger charge is -2.21. The molecule has 1 aliphatic heterocycles. The summed E-state index contributed by atoms with van der Waals surface area (Å²) in [4.78, 5) is 26.0. The quantitative estimate of drug-likeness (QED) is 0.529. The van der Waals surface area contributed by atoms with Crippen LogP contribution in [0, 0.1) is 17.8 Å². The third-order valence-corrected chi connectivity index (χ3v) is 5.55. The van der Waals surface area contributed by atoms with Gasteiger partial charge in [-0.05, 0) is 37.5 Å². The number of aliphatic hydroxyl groups excluding tert-OH is 1. The molecule has 1 aliphatic rings. The van der Waals surface area contributed by atoms with Crippen LogP contribution in [0.15, 0.2) is 30.4 Å². The van der Waals surface area contributed by atoms with E-state index in [0.717, 1.165) is 11.3 Å². The van der Waals surface area contributed by atoms with Gasteiger partial charge in [-0.25, -0.2) is 4.79 Å². The van der Waals surface area contributed by atoms with E-state index in [1.165, 1.54) is 11.3 Å². The Balaban J connectivity index is 1.94. The molecule has 2 heterocycles. The monoisotopic (exact) mass is 387 g/mol. The van der Waals surface area contributed by atoms with Crippen molar-refractivity contribution in [3.05, 3.63) is 40.1 Å². The Morgan fingerprint density at radius 1 is 1.48 bits per heavy atom. The van der Waals surface area contributed by atoms with Gasteiger partial charge in [0.2, 0.25) is 5.91 Å². The molecule has 1 amide bonds. The molecule has 1 fully saturated rings.